The lowest BCUT2D eigenvalue weighted by Crippen LogP contribution is -2.19. The van der Waals surface area contributed by atoms with Crippen LogP contribution in [0.2, 0.25) is 0 Å². The van der Waals surface area contributed by atoms with Crippen LogP contribution in [-0.4, -0.2) is 17.0 Å². The number of non-ortho nitro benzene ring substituents is 1. The molecular weight excluding hydrogens is 450 g/mol. The fourth-order valence-electron chi connectivity index (χ4n) is 2.57. The Kier molecular flexibility index (Phi) is 7.29. The molecule has 0 atom stereocenters. The molecule has 0 aliphatic carbocycles. The summed E-state index contributed by atoms with van der Waals surface area (Å²) in [5, 5.41) is 14.7. The van der Waals surface area contributed by atoms with Crippen LogP contribution in [0.4, 0.5) is 5.69 Å². The standard InChI is InChI=1S/C22H18BrN3O4/c23-19-8-4-16(5-9-19)13-22(27)25-24-14-18-2-1-3-21(12-18)30-15-17-6-10-20(11-7-17)26(28)29/h1-12,14H,13,15H2,(H,25,27)/b24-14-. The molecule has 0 bridgehead atoms. The van der Waals surface area contributed by atoms with Crippen LogP contribution in [0.25, 0.3) is 0 Å². The first-order valence-corrected chi connectivity index (χ1v) is 9.81. The molecule has 0 aliphatic heterocycles. The molecule has 3 rings (SSSR count). The number of rotatable bonds is 8. The molecule has 0 aliphatic rings. The molecule has 0 saturated heterocycles. The molecular formula is C22H18BrN3O4. The second-order valence-electron chi connectivity index (χ2n) is 6.38. The molecule has 0 aromatic heterocycles. The first-order valence-electron chi connectivity index (χ1n) is 9.02. The molecule has 30 heavy (non-hydrogen) atoms. The molecule has 3 aromatic rings. The Labute approximate surface area is 181 Å². The van der Waals surface area contributed by atoms with E-state index in [0.29, 0.717) is 5.75 Å². The van der Waals surface area contributed by atoms with Crippen molar-refractivity contribution in [2.24, 2.45) is 5.10 Å². The molecule has 7 nitrogen and oxygen atoms in total. The summed E-state index contributed by atoms with van der Waals surface area (Å²) in [4.78, 5) is 22.2. The van der Waals surface area contributed by atoms with E-state index in [0.717, 1.165) is 21.2 Å². The monoisotopic (exact) mass is 467 g/mol. The van der Waals surface area contributed by atoms with E-state index in [1.54, 1.807) is 24.3 Å². The second kappa shape index (κ2) is 10.3. The van der Waals surface area contributed by atoms with Gasteiger partial charge in [-0.15, -0.1) is 0 Å². The summed E-state index contributed by atoms with van der Waals surface area (Å²) < 4.78 is 6.69. The quantitative estimate of drug-likeness (QED) is 0.296. The Balaban J connectivity index is 1.51. The summed E-state index contributed by atoms with van der Waals surface area (Å²) >= 11 is 3.36. The van der Waals surface area contributed by atoms with Gasteiger partial charge in [-0.2, -0.15) is 5.10 Å². The van der Waals surface area contributed by atoms with Crippen LogP contribution >= 0.6 is 15.9 Å². The summed E-state index contributed by atoms with van der Waals surface area (Å²) in [5.41, 5.74) is 5.03. The Hall–Kier alpha value is -3.52. The molecule has 0 heterocycles. The molecule has 0 spiro atoms. The summed E-state index contributed by atoms with van der Waals surface area (Å²) in [6.45, 7) is 0.280. The van der Waals surface area contributed by atoms with Gasteiger partial charge in [-0.1, -0.05) is 40.2 Å². The maximum absolute atomic E-state index is 12.0. The predicted molar refractivity (Wildman–Crippen MR) is 117 cm³/mol. The van der Waals surface area contributed by atoms with Crippen molar-refractivity contribution in [3.8, 4) is 5.75 Å². The van der Waals surface area contributed by atoms with Crippen LogP contribution in [0.3, 0.4) is 0 Å². The van der Waals surface area contributed by atoms with Crippen LogP contribution < -0.4 is 10.2 Å². The second-order valence-corrected chi connectivity index (χ2v) is 7.30. The third-order valence-electron chi connectivity index (χ3n) is 4.09. The zero-order valence-electron chi connectivity index (χ0n) is 15.8. The van der Waals surface area contributed by atoms with Crippen LogP contribution in [0, 0.1) is 10.1 Å². The van der Waals surface area contributed by atoms with E-state index in [2.05, 4.69) is 26.5 Å². The summed E-state index contributed by atoms with van der Waals surface area (Å²) in [5.74, 6) is 0.414. The highest BCUT2D eigenvalue weighted by atomic mass is 79.9. The minimum Gasteiger partial charge on any atom is -0.489 e. The summed E-state index contributed by atoms with van der Waals surface area (Å²) in [6.07, 6.45) is 1.78. The number of nitro groups is 1. The topological polar surface area (TPSA) is 93.8 Å². The molecule has 0 fully saturated rings. The van der Waals surface area contributed by atoms with Crippen LogP contribution in [0.1, 0.15) is 16.7 Å². The normalized spacial score (nSPS) is 10.7. The molecule has 0 radical (unpaired) electrons. The van der Waals surface area contributed by atoms with Gasteiger partial charge in [0.25, 0.3) is 5.69 Å². The third kappa shape index (κ3) is 6.52. The zero-order chi connectivity index (χ0) is 21.3. The van der Waals surface area contributed by atoms with Crippen molar-refractivity contribution in [1.29, 1.82) is 0 Å². The Bertz CT molecular complexity index is 1050. The van der Waals surface area contributed by atoms with Gasteiger partial charge in [0, 0.05) is 16.6 Å². The number of ether oxygens (including phenoxy) is 1. The van der Waals surface area contributed by atoms with E-state index in [9.17, 15) is 14.9 Å². The first-order chi connectivity index (χ1) is 14.5. The number of benzene rings is 3. The molecule has 0 unspecified atom stereocenters. The molecule has 1 amide bonds. The number of nitro benzene ring substituents is 1. The van der Waals surface area contributed by atoms with Gasteiger partial charge < -0.3 is 4.74 Å². The van der Waals surface area contributed by atoms with Crippen molar-refractivity contribution in [2.45, 2.75) is 13.0 Å². The minimum atomic E-state index is -0.439. The lowest BCUT2D eigenvalue weighted by atomic mass is 10.1. The summed E-state index contributed by atoms with van der Waals surface area (Å²) in [6, 6.07) is 21.0. The van der Waals surface area contributed by atoms with Crippen molar-refractivity contribution in [2.75, 3.05) is 0 Å². The number of nitrogens with one attached hydrogen (secondary N) is 1. The molecule has 8 heteroatoms. The number of hydrogen-bond acceptors (Lipinski definition) is 5. The average molecular weight is 468 g/mol. The van der Waals surface area contributed by atoms with E-state index >= 15 is 0 Å². The molecule has 0 saturated carbocycles. The van der Waals surface area contributed by atoms with Gasteiger partial charge in [0.1, 0.15) is 12.4 Å². The Morgan fingerprint density at radius 1 is 1.07 bits per heavy atom. The lowest BCUT2D eigenvalue weighted by Gasteiger charge is -2.07. The van der Waals surface area contributed by atoms with Crippen LogP contribution in [-0.2, 0) is 17.8 Å². The van der Waals surface area contributed by atoms with E-state index in [-0.39, 0.29) is 24.6 Å². The number of carbonyl (C=O) groups is 1. The fraction of sp³-hybridized carbons (Fsp3) is 0.0909. The Morgan fingerprint density at radius 3 is 2.47 bits per heavy atom. The SMILES string of the molecule is O=C(Cc1ccc(Br)cc1)N/N=C\c1cccc(OCc2ccc([N+](=O)[O-])cc2)c1. The summed E-state index contributed by atoms with van der Waals surface area (Å²) in [7, 11) is 0. The maximum atomic E-state index is 12.0. The number of carbonyl (C=O) groups excluding carboxylic acids is 1. The predicted octanol–water partition coefficient (Wildman–Crippen LogP) is 4.63. The molecule has 152 valence electrons. The highest BCUT2D eigenvalue weighted by Gasteiger charge is 2.05. The van der Waals surface area contributed by atoms with Gasteiger partial charge in [-0.3, -0.25) is 14.9 Å². The van der Waals surface area contributed by atoms with Gasteiger partial charge in [-0.05, 0) is 53.1 Å². The molecule has 1 N–H and O–H groups in total. The third-order valence-corrected chi connectivity index (χ3v) is 4.62. The maximum Gasteiger partial charge on any atom is 0.269 e. The fourth-order valence-corrected chi connectivity index (χ4v) is 2.84. The highest BCUT2D eigenvalue weighted by Crippen LogP contribution is 2.16. The van der Waals surface area contributed by atoms with Crippen molar-refractivity contribution in [3.05, 3.63) is 104 Å². The number of nitrogens with zero attached hydrogens (tertiary/aromatic N) is 2. The number of hydrogen-bond donors (Lipinski definition) is 1. The number of amides is 1. The highest BCUT2D eigenvalue weighted by molar-refractivity contribution is 9.10. The minimum absolute atomic E-state index is 0.0409. The van der Waals surface area contributed by atoms with Crippen molar-refractivity contribution in [1.82, 2.24) is 5.43 Å². The van der Waals surface area contributed by atoms with Crippen LogP contribution in [0.5, 0.6) is 5.75 Å². The number of hydrazone groups is 1. The van der Waals surface area contributed by atoms with Crippen molar-refractivity contribution in [3.63, 3.8) is 0 Å². The molecule has 3 aromatic carbocycles. The van der Waals surface area contributed by atoms with Crippen molar-refractivity contribution < 1.29 is 14.5 Å². The van der Waals surface area contributed by atoms with Gasteiger partial charge >= 0.3 is 0 Å². The van der Waals surface area contributed by atoms with Gasteiger partial charge in [0.15, 0.2) is 0 Å². The van der Waals surface area contributed by atoms with E-state index < -0.39 is 4.92 Å². The smallest absolute Gasteiger partial charge is 0.269 e. The van der Waals surface area contributed by atoms with E-state index in [1.807, 2.05) is 36.4 Å². The van der Waals surface area contributed by atoms with Crippen LogP contribution in [0.15, 0.2) is 82.4 Å². The van der Waals surface area contributed by atoms with Gasteiger partial charge in [-0.25, -0.2) is 5.43 Å². The van der Waals surface area contributed by atoms with Crippen molar-refractivity contribution >= 4 is 33.7 Å². The first kappa shape index (κ1) is 21.2. The number of halogens is 1. The Morgan fingerprint density at radius 2 is 1.77 bits per heavy atom. The van der Waals surface area contributed by atoms with E-state index in [1.165, 1.54) is 18.3 Å². The van der Waals surface area contributed by atoms with Gasteiger partial charge in [0.2, 0.25) is 5.91 Å². The average Bonchev–Trinajstić information content (AvgIpc) is 2.74. The van der Waals surface area contributed by atoms with E-state index in [4.69, 9.17) is 4.74 Å². The van der Waals surface area contributed by atoms with Gasteiger partial charge in [0.05, 0.1) is 17.6 Å². The largest absolute Gasteiger partial charge is 0.489 e. The lowest BCUT2D eigenvalue weighted by molar-refractivity contribution is -0.384. The zero-order valence-corrected chi connectivity index (χ0v) is 17.4.